The molecule has 0 unspecified atom stereocenters. The molecule has 2 amide bonds. The predicted molar refractivity (Wildman–Crippen MR) is 338 cm³/mol. The summed E-state index contributed by atoms with van der Waals surface area (Å²) in [6.45, 7) is 2.14. The molecule has 3 aliphatic heterocycles. The largest absolute Gasteiger partial charge is 0.477 e. The molecule has 0 radical (unpaired) electrons. The number of hydrogen-bond acceptors (Lipinski definition) is 20. The molecular weight excluding hydrogens is 1170 g/mol. The molecule has 3 aliphatic rings. The zero-order valence-electron chi connectivity index (χ0n) is 55.0. The maximum Gasteiger partial charge on any atom is 0.364 e. The van der Waals surface area contributed by atoms with Crippen LogP contribution in [0.25, 0.3) is 0 Å². The van der Waals surface area contributed by atoms with Crippen LogP contribution in [0.4, 0.5) is 0 Å². The molecule has 23 heteroatoms. The van der Waals surface area contributed by atoms with Gasteiger partial charge in [-0.1, -0.05) is 231 Å². The summed E-state index contributed by atoms with van der Waals surface area (Å²) in [4.78, 5) is 38.5. The number of carboxylic acids is 1. The van der Waals surface area contributed by atoms with Gasteiger partial charge in [0.25, 0.3) is 5.79 Å². The summed E-state index contributed by atoms with van der Waals surface area (Å²) in [6.07, 6.45) is 16.9. The van der Waals surface area contributed by atoms with E-state index in [1.807, 2.05) is 6.08 Å². The number of carbonyl (C=O) groups excluding carboxylic acids is 2. The predicted octanol–water partition coefficient (Wildman–Crippen LogP) is 6.29. The molecule has 0 aromatic rings. The first-order valence-electron chi connectivity index (χ1n) is 35.1. The Balaban J connectivity index is 1.57. The van der Waals surface area contributed by atoms with Crippen LogP contribution in [0, 0.1) is 0 Å². The lowest BCUT2D eigenvalue weighted by Gasteiger charge is -2.50. The highest BCUT2D eigenvalue weighted by atomic mass is 16.8. The first-order valence-corrected chi connectivity index (χ1v) is 35.1. The Hall–Kier alpha value is -2.53. The fourth-order valence-corrected chi connectivity index (χ4v) is 12.4. The van der Waals surface area contributed by atoms with E-state index in [0.29, 0.717) is 12.8 Å². The van der Waals surface area contributed by atoms with Gasteiger partial charge in [-0.15, -0.1) is 0 Å². The number of carboxylic acid groups (broad SMARTS) is 1. The van der Waals surface area contributed by atoms with Crippen LogP contribution in [0.5, 0.6) is 0 Å². The molecule has 18 atom stereocenters. The van der Waals surface area contributed by atoms with Crippen LogP contribution in [-0.4, -0.2) is 215 Å². The average Bonchev–Trinajstić information content (AvgIpc) is 0.821. The lowest BCUT2D eigenvalue weighted by Crippen LogP contribution is -2.70. The number of hydrogen-bond donors (Lipinski definition) is 14. The number of allylic oxidation sites excluding steroid dienone is 1. The Morgan fingerprint density at radius 2 is 1.03 bits per heavy atom. The summed E-state index contributed by atoms with van der Waals surface area (Å²) in [5, 5.41) is 136. The number of carbonyl (C=O) groups is 3. The van der Waals surface area contributed by atoms with Crippen molar-refractivity contribution >= 4 is 17.8 Å². The van der Waals surface area contributed by atoms with Crippen molar-refractivity contribution in [1.82, 2.24) is 10.6 Å². The van der Waals surface area contributed by atoms with Gasteiger partial charge < -0.3 is 100 Å². The lowest BCUT2D eigenvalue weighted by molar-refractivity contribution is -0.386. The number of rotatable bonds is 53. The fourth-order valence-electron chi connectivity index (χ4n) is 12.4. The van der Waals surface area contributed by atoms with Crippen molar-refractivity contribution in [3.8, 4) is 0 Å². The van der Waals surface area contributed by atoms with E-state index in [1.165, 1.54) is 167 Å². The van der Waals surface area contributed by atoms with Gasteiger partial charge >= 0.3 is 5.97 Å². The molecule has 0 aliphatic carbocycles. The second-order valence-corrected chi connectivity index (χ2v) is 25.8. The van der Waals surface area contributed by atoms with E-state index in [1.54, 1.807) is 6.08 Å². The van der Waals surface area contributed by atoms with Crippen molar-refractivity contribution in [2.24, 2.45) is 0 Å². The molecule has 23 nitrogen and oxygen atoms in total. The maximum atomic E-state index is 13.4. The lowest BCUT2D eigenvalue weighted by atomic mass is 9.88. The van der Waals surface area contributed by atoms with Crippen molar-refractivity contribution in [3.63, 3.8) is 0 Å². The minimum absolute atomic E-state index is 0.205. The molecule has 3 fully saturated rings. The number of ether oxygens (including phenoxy) is 6. The standard InChI is InChI=1S/C67H124N2O21/c1-4-6-8-10-12-14-16-18-19-20-21-22-23-24-25-26-27-29-31-33-35-37-39-41-54(77)69-48(49(74)40-38-36-34-32-30-28-17-15-13-11-9-7-5-2)46-85-64-59(81)58(80)61(53(45-72)87-64)88-65-60(82)63(57(79)52(44-71)86-65)90-67(66(83)84)42-50(75)55(68-47(3)73)62(89-67)56(78)51(76)43-70/h38,40,48-53,55-65,70-72,74-76,78-82H,4-37,39,41-46H2,1-3H3,(H,68,73)(H,69,77)(H,83,84)/b40-38+/t48-,49+,50-,51+,52+,53+,55+,56+,57-,58+,59+,60+,61+,62+,63-,64+,65-,67-/m0/s1. The summed E-state index contributed by atoms with van der Waals surface area (Å²) in [6, 6.07) is -2.61. The van der Waals surface area contributed by atoms with E-state index in [9.17, 15) is 75.7 Å². The van der Waals surface area contributed by atoms with Gasteiger partial charge in [0.15, 0.2) is 12.6 Å². The first kappa shape index (κ1) is 81.7. The highest BCUT2D eigenvalue weighted by Gasteiger charge is 2.60. The topological polar surface area (TPSA) is 373 Å². The van der Waals surface area contributed by atoms with Crippen molar-refractivity contribution in [2.45, 2.75) is 368 Å². The van der Waals surface area contributed by atoms with Gasteiger partial charge in [-0.25, -0.2) is 4.79 Å². The smallest absolute Gasteiger partial charge is 0.364 e. The number of amides is 2. The molecule has 0 bridgehead atoms. The van der Waals surface area contributed by atoms with Crippen LogP contribution in [0.3, 0.4) is 0 Å². The SMILES string of the molecule is CCCCCCCCCCCCC/C=C/[C@@H](O)[C@H](CO[C@@H]1O[C@H](CO)[C@@H](O[C@@H]2O[C@H](CO)[C@H](O)[C@H](O[C@]3(C(=O)O)C[C@H](O)[C@@H](NC(C)=O)[C@H]([C@H](O)[C@H](O)CO)O3)[C@H]2O)[C@H](O)[C@H]1O)NC(=O)CCCCCCCCCCCCCCCCCCCCCCCCC. The van der Waals surface area contributed by atoms with E-state index in [0.717, 1.165) is 51.9 Å². The van der Waals surface area contributed by atoms with Crippen LogP contribution in [0.1, 0.15) is 258 Å². The van der Waals surface area contributed by atoms with E-state index >= 15 is 0 Å². The summed E-state index contributed by atoms with van der Waals surface area (Å²) in [7, 11) is 0. The second kappa shape index (κ2) is 48.2. The molecule has 0 spiro atoms. The van der Waals surface area contributed by atoms with Crippen LogP contribution < -0.4 is 10.6 Å². The van der Waals surface area contributed by atoms with E-state index < -0.39 is 155 Å². The van der Waals surface area contributed by atoms with Gasteiger partial charge in [0.1, 0.15) is 67.1 Å². The zero-order chi connectivity index (χ0) is 66.1. The highest BCUT2D eigenvalue weighted by molar-refractivity contribution is 5.77. The van der Waals surface area contributed by atoms with Gasteiger partial charge in [0.2, 0.25) is 11.8 Å². The molecule has 14 N–H and O–H groups in total. The van der Waals surface area contributed by atoms with Crippen molar-refractivity contribution < 1.29 is 104 Å². The van der Waals surface area contributed by atoms with Gasteiger partial charge in [0.05, 0.1) is 50.7 Å². The summed E-state index contributed by atoms with van der Waals surface area (Å²) >= 11 is 0. The number of unbranched alkanes of at least 4 members (excludes halogenated alkanes) is 33. The van der Waals surface area contributed by atoms with Crippen LogP contribution in [0.15, 0.2) is 12.2 Å². The summed E-state index contributed by atoms with van der Waals surface area (Å²) in [5.74, 6) is -6.14. The monoisotopic (exact) mass is 1290 g/mol. The van der Waals surface area contributed by atoms with E-state index in [4.69, 9.17) is 28.4 Å². The number of nitrogens with one attached hydrogen (secondary N) is 2. The third-order valence-electron chi connectivity index (χ3n) is 18.0. The third-order valence-corrected chi connectivity index (χ3v) is 18.0. The molecule has 3 saturated heterocycles. The number of aliphatic hydroxyl groups excluding tert-OH is 11. The Labute approximate surface area is 537 Å². The fraction of sp³-hybridized carbons (Fsp3) is 0.925. The summed E-state index contributed by atoms with van der Waals surface area (Å²) in [5.41, 5.74) is 0. The molecule has 0 aromatic heterocycles. The second-order valence-electron chi connectivity index (χ2n) is 25.8. The summed E-state index contributed by atoms with van der Waals surface area (Å²) < 4.78 is 34.8. The van der Waals surface area contributed by atoms with E-state index in [2.05, 4.69) is 24.5 Å². The molecular formula is C67H124N2O21. The van der Waals surface area contributed by atoms with Gasteiger partial charge in [-0.3, -0.25) is 9.59 Å². The molecule has 0 saturated carbocycles. The van der Waals surface area contributed by atoms with Crippen molar-refractivity contribution in [2.75, 3.05) is 26.4 Å². The number of aliphatic hydroxyl groups is 11. The Bertz CT molecular complexity index is 1870. The minimum Gasteiger partial charge on any atom is -0.477 e. The van der Waals surface area contributed by atoms with E-state index in [-0.39, 0.29) is 12.3 Å². The van der Waals surface area contributed by atoms with Crippen LogP contribution in [0.2, 0.25) is 0 Å². The Morgan fingerprint density at radius 1 is 0.578 bits per heavy atom. The first-order chi connectivity index (χ1) is 43.4. The Kier molecular flexibility index (Phi) is 43.8. The molecule has 90 heavy (non-hydrogen) atoms. The van der Waals surface area contributed by atoms with Crippen molar-refractivity contribution in [3.05, 3.63) is 12.2 Å². The van der Waals surface area contributed by atoms with Gasteiger partial charge in [-0.05, 0) is 19.3 Å². The third kappa shape index (κ3) is 30.5. The zero-order valence-corrected chi connectivity index (χ0v) is 55.0. The minimum atomic E-state index is -3.08. The molecule has 3 heterocycles. The van der Waals surface area contributed by atoms with Crippen LogP contribution in [-0.2, 0) is 42.8 Å². The normalized spacial score (nSPS) is 28.6. The maximum absolute atomic E-state index is 13.4. The van der Waals surface area contributed by atoms with Gasteiger partial charge in [0, 0.05) is 19.8 Å². The Morgan fingerprint density at radius 3 is 1.48 bits per heavy atom. The molecule has 3 rings (SSSR count). The van der Waals surface area contributed by atoms with Gasteiger partial charge in [-0.2, -0.15) is 0 Å². The highest BCUT2D eigenvalue weighted by Crippen LogP contribution is 2.39. The van der Waals surface area contributed by atoms with Crippen molar-refractivity contribution in [1.29, 1.82) is 0 Å². The average molecular weight is 1290 g/mol. The number of aliphatic carboxylic acids is 1. The van der Waals surface area contributed by atoms with Crippen LogP contribution >= 0.6 is 0 Å². The quantitative estimate of drug-likeness (QED) is 0.0235. The molecule has 528 valence electrons. The molecule has 0 aromatic carbocycles.